The van der Waals surface area contributed by atoms with Crippen LogP contribution in [-0.2, 0) is 4.79 Å². The topological polar surface area (TPSA) is 157 Å². The fourth-order valence-corrected chi connectivity index (χ4v) is 4.72. The number of hydrogen-bond donors (Lipinski definition) is 3. The molecule has 4 rings (SSSR count). The van der Waals surface area contributed by atoms with Crippen LogP contribution in [0.3, 0.4) is 0 Å². The lowest BCUT2D eigenvalue weighted by Crippen LogP contribution is -2.51. The molecule has 0 radical (unpaired) electrons. The van der Waals surface area contributed by atoms with Gasteiger partial charge in [0.05, 0.1) is 28.7 Å². The molecule has 0 spiro atoms. The maximum absolute atomic E-state index is 12.7. The Morgan fingerprint density at radius 1 is 0.842 bits per heavy atom. The number of anilines is 1. The maximum atomic E-state index is 12.7. The quantitative estimate of drug-likeness (QED) is 0.367. The first-order valence-corrected chi connectivity index (χ1v) is 12.5. The summed E-state index contributed by atoms with van der Waals surface area (Å²) in [6.45, 7) is 1.63. The van der Waals surface area contributed by atoms with E-state index in [0.717, 1.165) is 18.2 Å². The first kappa shape index (κ1) is 26.5. The fraction of sp³-hybridized carbons (Fsp3) is 0.192. The molecule has 0 saturated carbocycles. The van der Waals surface area contributed by atoms with Gasteiger partial charge in [-0.25, -0.2) is 9.59 Å². The van der Waals surface area contributed by atoms with Gasteiger partial charge in [-0.2, -0.15) is 0 Å². The molecular formula is C26H23N3O8S. The Bertz CT molecular complexity index is 1380. The Morgan fingerprint density at radius 2 is 1.58 bits per heavy atom. The smallest absolute Gasteiger partial charge is 0.336 e. The molecule has 0 unspecified atom stereocenters. The predicted octanol–water partition coefficient (Wildman–Crippen LogP) is 3.01. The summed E-state index contributed by atoms with van der Waals surface area (Å²) in [5.74, 6) is -3.30. The molecule has 12 heteroatoms. The van der Waals surface area contributed by atoms with Gasteiger partial charge in [0, 0.05) is 36.8 Å². The Hall–Kier alpha value is -4.58. The third-order valence-corrected chi connectivity index (χ3v) is 6.83. The minimum atomic E-state index is -1.42. The summed E-state index contributed by atoms with van der Waals surface area (Å²) in [5, 5.41) is 21.1. The van der Waals surface area contributed by atoms with Crippen molar-refractivity contribution in [3.05, 3.63) is 83.3 Å². The number of carboxylic acid groups (broad SMARTS) is 2. The number of piperazine rings is 1. The number of aromatic carboxylic acids is 2. The first-order chi connectivity index (χ1) is 18.2. The van der Waals surface area contributed by atoms with Gasteiger partial charge < -0.3 is 29.7 Å². The van der Waals surface area contributed by atoms with E-state index in [0.29, 0.717) is 36.8 Å². The Labute approximate surface area is 221 Å². The van der Waals surface area contributed by atoms with Gasteiger partial charge in [-0.15, -0.1) is 11.8 Å². The van der Waals surface area contributed by atoms with Crippen LogP contribution >= 0.6 is 11.8 Å². The number of nitrogens with one attached hydrogen (secondary N) is 1. The zero-order valence-corrected chi connectivity index (χ0v) is 20.8. The van der Waals surface area contributed by atoms with Crippen LogP contribution in [-0.4, -0.2) is 81.6 Å². The molecule has 1 saturated heterocycles. The van der Waals surface area contributed by atoms with Gasteiger partial charge in [0.15, 0.2) is 5.76 Å². The molecule has 0 aliphatic carbocycles. The second-order valence-electron chi connectivity index (χ2n) is 8.29. The first-order valence-electron chi connectivity index (χ1n) is 11.5. The molecule has 196 valence electrons. The highest BCUT2D eigenvalue weighted by molar-refractivity contribution is 8.00. The van der Waals surface area contributed by atoms with Crippen LogP contribution in [0.4, 0.5) is 5.69 Å². The number of furan rings is 1. The summed E-state index contributed by atoms with van der Waals surface area (Å²) < 4.78 is 5.15. The van der Waals surface area contributed by atoms with Crippen LogP contribution in [0.5, 0.6) is 0 Å². The van der Waals surface area contributed by atoms with Crippen LogP contribution < -0.4 is 5.32 Å². The van der Waals surface area contributed by atoms with E-state index < -0.39 is 23.4 Å². The zero-order chi connectivity index (χ0) is 27.2. The molecule has 0 bridgehead atoms. The highest BCUT2D eigenvalue weighted by atomic mass is 32.2. The predicted molar refractivity (Wildman–Crippen MR) is 137 cm³/mol. The van der Waals surface area contributed by atoms with Crippen LogP contribution in [0.15, 0.2) is 70.2 Å². The maximum Gasteiger partial charge on any atom is 0.336 e. The number of amides is 3. The Kier molecular flexibility index (Phi) is 8.12. The van der Waals surface area contributed by atoms with Crippen LogP contribution in [0.2, 0.25) is 0 Å². The molecule has 3 N–H and O–H groups in total. The third-order valence-electron chi connectivity index (χ3n) is 5.85. The zero-order valence-electron chi connectivity index (χ0n) is 20.0. The van der Waals surface area contributed by atoms with Crippen molar-refractivity contribution >= 4 is 47.1 Å². The molecule has 1 fully saturated rings. The number of thioether (sulfide) groups is 1. The molecule has 2 aromatic carbocycles. The molecule has 1 aliphatic heterocycles. The van der Waals surface area contributed by atoms with Crippen molar-refractivity contribution in [1.82, 2.24) is 9.80 Å². The summed E-state index contributed by atoms with van der Waals surface area (Å²) >= 11 is 1.28. The Morgan fingerprint density at radius 3 is 2.24 bits per heavy atom. The number of nitrogens with zero attached hydrogens (tertiary/aromatic N) is 2. The van der Waals surface area contributed by atoms with E-state index in [4.69, 9.17) is 9.52 Å². The van der Waals surface area contributed by atoms with Gasteiger partial charge in [0.2, 0.25) is 5.91 Å². The number of carbonyl (C=O) groups is 5. The molecule has 3 aromatic rings. The van der Waals surface area contributed by atoms with Gasteiger partial charge in [0.25, 0.3) is 11.8 Å². The average molecular weight is 538 g/mol. The summed E-state index contributed by atoms with van der Waals surface area (Å²) in [6, 6.07) is 13.2. The molecule has 3 amide bonds. The van der Waals surface area contributed by atoms with Crippen LogP contribution in [0.25, 0.3) is 0 Å². The van der Waals surface area contributed by atoms with Gasteiger partial charge in [0.1, 0.15) is 0 Å². The molecule has 1 aliphatic rings. The third kappa shape index (κ3) is 6.21. The number of carbonyl (C=O) groups excluding carboxylic acids is 3. The lowest BCUT2D eigenvalue weighted by Gasteiger charge is -2.34. The van der Waals surface area contributed by atoms with Crippen LogP contribution in [0.1, 0.15) is 41.6 Å². The number of rotatable bonds is 8. The minimum Gasteiger partial charge on any atom is -0.478 e. The summed E-state index contributed by atoms with van der Waals surface area (Å²) in [4.78, 5) is 64.6. The number of benzene rings is 2. The van der Waals surface area contributed by atoms with Crippen molar-refractivity contribution < 1.29 is 38.6 Å². The van der Waals surface area contributed by atoms with Crippen molar-refractivity contribution in [3.63, 3.8) is 0 Å². The van der Waals surface area contributed by atoms with Crippen molar-refractivity contribution in [2.45, 2.75) is 4.90 Å². The van der Waals surface area contributed by atoms with Crippen molar-refractivity contribution in [3.8, 4) is 0 Å². The van der Waals surface area contributed by atoms with E-state index in [1.54, 1.807) is 46.2 Å². The molecule has 11 nitrogen and oxygen atoms in total. The van der Waals surface area contributed by atoms with Crippen LogP contribution in [0, 0.1) is 0 Å². The lowest BCUT2D eigenvalue weighted by atomic mass is 10.0. The molecule has 38 heavy (non-hydrogen) atoms. The second kappa shape index (κ2) is 11.6. The molecular weight excluding hydrogens is 514 g/mol. The monoisotopic (exact) mass is 537 g/mol. The summed E-state index contributed by atoms with van der Waals surface area (Å²) in [6.07, 6.45) is 1.44. The molecule has 1 aromatic heterocycles. The molecule has 2 heterocycles. The number of carboxylic acids is 2. The Balaban J connectivity index is 1.32. The van der Waals surface area contributed by atoms with E-state index in [1.165, 1.54) is 18.0 Å². The standard InChI is InChI=1S/C26H23N3O8S/c30-22(28-8-10-29(11-9-28)24(32)21-5-2-12-37-21)15-38-18-4-1-3-17(14-18)27-23(31)19-7-6-16(25(33)34)13-20(19)26(35)36/h1-7,12-14H,8-11,15H2,(H,27,31)(H,33,34)(H,35,36). The largest absolute Gasteiger partial charge is 0.478 e. The van der Waals surface area contributed by atoms with Gasteiger partial charge in [-0.3, -0.25) is 14.4 Å². The summed E-state index contributed by atoms with van der Waals surface area (Å²) in [5.41, 5.74) is -0.464. The van der Waals surface area contributed by atoms with Crippen molar-refractivity contribution in [2.24, 2.45) is 0 Å². The SMILES string of the molecule is O=C(O)c1ccc(C(=O)Nc2cccc(SCC(=O)N3CCN(C(=O)c4ccco4)CC3)c2)c(C(=O)O)c1. The fourth-order valence-electron chi connectivity index (χ4n) is 3.87. The average Bonchev–Trinajstić information content (AvgIpc) is 3.46. The highest BCUT2D eigenvalue weighted by Gasteiger charge is 2.26. The minimum absolute atomic E-state index is 0.0841. The van der Waals surface area contributed by atoms with E-state index in [-0.39, 0.29) is 34.5 Å². The van der Waals surface area contributed by atoms with Crippen molar-refractivity contribution in [1.29, 1.82) is 0 Å². The lowest BCUT2D eigenvalue weighted by molar-refractivity contribution is -0.129. The molecule has 0 atom stereocenters. The van der Waals surface area contributed by atoms with E-state index in [2.05, 4.69) is 5.32 Å². The van der Waals surface area contributed by atoms with Gasteiger partial charge in [-0.05, 0) is 48.5 Å². The highest BCUT2D eigenvalue weighted by Crippen LogP contribution is 2.23. The van der Waals surface area contributed by atoms with Gasteiger partial charge >= 0.3 is 11.9 Å². The van der Waals surface area contributed by atoms with Gasteiger partial charge in [-0.1, -0.05) is 6.07 Å². The number of hydrogen-bond acceptors (Lipinski definition) is 7. The van der Waals surface area contributed by atoms with E-state index in [9.17, 15) is 29.1 Å². The summed E-state index contributed by atoms with van der Waals surface area (Å²) in [7, 11) is 0. The van der Waals surface area contributed by atoms with E-state index >= 15 is 0 Å². The second-order valence-corrected chi connectivity index (χ2v) is 9.34. The van der Waals surface area contributed by atoms with Crippen molar-refractivity contribution in [2.75, 3.05) is 37.2 Å². The van der Waals surface area contributed by atoms with E-state index in [1.807, 2.05) is 0 Å². The normalized spacial score (nSPS) is 13.2.